The molecule has 4 amide bonds. The molecule has 1 atom stereocenters. The van der Waals surface area contributed by atoms with Crippen molar-refractivity contribution in [3.63, 3.8) is 0 Å². The molecule has 0 radical (unpaired) electrons. The molecule has 0 spiro atoms. The van der Waals surface area contributed by atoms with E-state index in [1.165, 1.54) is 47.0 Å². The highest BCUT2D eigenvalue weighted by Crippen LogP contribution is 2.37. The molecule has 3 N–H and O–H groups in total. The Morgan fingerprint density at radius 2 is 1.84 bits per heavy atom. The highest BCUT2D eigenvalue weighted by atomic mass is 32.2. The van der Waals surface area contributed by atoms with Crippen LogP contribution in [-0.4, -0.2) is 68.7 Å². The first-order valence-corrected chi connectivity index (χ1v) is 15.2. The van der Waals surface area contributed by atoms with Crippen LogP contribution >= 0.6 is 11.3 Å². The maximum Gasteiger partial charge on any atom is 0.321 e. The number of carbonyl (C=O) groups is 3. The number of piperidine rings is 1. The summed E-state index contributed by atoms with van der Waals surface area (Å²) < 4.78 is 27.6. The summed E-state index contributed by atoms with van der Waals surface area (Å²) in [7, 11) is -2.21. The Hall–Kier alpha value is -2.80. The Kier molecular flexibility index (Phi) is 8.86. The highest BCUT2D eigenvalue weighted by Gasteiger charge is 2.31. The van der Waals surface area contributed by atoms with Crippen molar-refractivity contribution in [2.24, 2.45) is 5.92 Å². The van der Waals surface area contributed by atoms with Crippen molar-refractivity contribution in [1.29, 1.82) is 0 Å². The lowest BCUT2D eigenvalue weighted by Gasteiger charge is -2.30. The molecular weight excluding hydrogens is 526 g/mol. The molecule has 12 heteroatoms. The van der Waals surface area contributed by atoms with E-state index in [1.807, 2.05) is 6.92 Å². The third-order valence-electron chi connectivity index (χ3n) is 6.96. The van der Waals surface area contributed by atoms with Crippen LogP contribution in [0.5, 0.6) is 0 Å². The molecule has 0 saturated carbocycles. The molecule has 1 fully saturated rings. The van der Waals surface area contributed by atoms with Gasteiger partial charge in [-0.05, 0) is 68.0 Å². The Balaban J connectivity index is 1.56. The van der Waals surface area contributed by atoms with Gasteiger partial charge in [-0.1, -0.05) is 13.8 Å². The SMILES string of the molecule is CCCN1CCc2c(sc(NC(=O)c3ccc(S(=O)(=O)N4CCCC(C)C4)cc3)c2C(=O)NC(=O)NC)C1. The summed E-state index contributed by atoms with van der Waals surface area (Å²) in [6, 6.07) is 5.23. The quantitative estimate of drug-likeness (QED) is 0.476. The van der Waals surface area contributed by atoms with Gasteiger partial charge >= 0.3 is 6.03 Å². The zero-order chi connectivity index (χ0) is 27.4. The lowest BCUT2D eigenvalue weighted by molar-refractivity contribution is 0.0964. The molecule has 10 nitrogen and oxygen atoms in total. The van der Waals surface area contributed by atoms with Gasteiger partial charge in [0.05, 0.1) is 10.5 Å². The molecule has 1 aromatic heterocycles. The van der Waals surface area contributed by atoms with E-state index >= 15 is 0 Å². The normalized spacial score (nSPS) is 18.4. The van der Waals surface area contributed by atoms with Crippen LogP contribution in [0, 0.1) is 5.92 Å². The third-order valence-corrected chi connectivity index (χ3v) is 9.97. The summed E-state index contributed by atoms with van der Waals surface area (Å²) in [6.07, 6.45) is 3.49. The predicted molar refractivity (Wildman–Crippen MR) is 147 cm³/mol. The number of benzene rings is 1. The van der Waals surface area contributed by atoms with Crippen molar-refractivity contribution in [3.8, 4) is 0 Å². The van der Waals surface area contributed by atoms with E-state index in [0.29, 0.717) is 42.5 Å². The fourth-order valence-electron chi connectivity index (χ4n) is 4.99. The molecule has 2 aliphatic rings. The monoisotopic (exact) mass is 561 g/mol. The summed E-state index contributed by atoms with van der Waals surface area (Å²) in [6.45, 7) is 7.54. The Bertz CT molecular complexity index is 1310. The summed E-state index contributed by atoms with van der Waals surface area (Å²) in [5.74, 6) is -0.721. The first kappa shape index (κ1) is 28.2. The molecule has 4 rings (SSSR count). The number of anilines is 1. The third kappa shape index (κ3) is 6.09. The molecule has 2 aliphatic heterocycles. The van der Waals surface area contributed by atoms with E-state index < -0.39 is 27.9 Å². The zero-order valence-corrected chi connectivity index (χ0v) is 23.6. The topological polar surface area (TPSA) is 128 Å². The number of nitrogens with zero attached hydrogens (tertiary/aromatic N) is 2. The van der Waals surface area contributed by atoms with Gasteiger partial charge in [0.1, 0.15) is 5.00 Å². The molecule has 0 bridgehead atoms. The Morgan fingerprint density at radius 1 is 1.11 bits per heavy atom. The van der Waals surface area contributed by atoms with Crippen molar-refractivity contribution in [1.82, 2.24) is 19.8 Å². The summed E-state index contributed by atoms with van der Waals surface area (Å²) in [4.78, 5) is 41.5. The van der Waals surface area contributed by atoms with Crippen molar-refractivity contribution < 1.29 is 22.8 Å². The minimum atomic E-state index is -3.63. The van der Waals surface area contributed by atoms with Crippen LogP contribution in [-0.2, 0) is 23.0 Å². The predicted octanol–water partition coefficient (Wildman–Crippen LogP) is 3.26. The van der Waals surface area contributed by atoms with Gasteiger partial charge in [-0.2, -0.15) is 4.31 Å². The number of carbonyl (C=O) groups excluding carboxylic acids is 3. The maximum absolute atomic E-state index is 13.2. The van der Waals surface area contributed by atoms with E-state index in [9.17, 15) is 22.8 Å². The molecule has 1 saturated heterocycles. The van der Waals surface area contributed by atoms with Gasteiger partial charge in [0, 0.05) is 43.7 Å². The molecule has 1 unspecified atom stereocenters. The lowest BCUT2D eigenvalue weighted by Crippen LogP contribution is -2.39. The molecule has 38 heavy (non-hydrogen) atoms. The second-order valence-corrected chi connectivity index (χ2v) is 12.9. The van der Waals surface area contributed by atoms with Crippen molar-refractivity contribution in [3.05, 3.63) is 45.8 Å². The molecule has 2 aromatic rings. The first-order chi connectivity index (χ1) is 18.1. The van der Waals surface area contributed by atoms with Gasteiger partial charge in [0.2, 0.25) is 10.0 Å². The minimum absolute atomic E-state index is 0.149. The number of thiophene rings is 1. The van der Waals surface area contributed by atoms with Crippen molar-refractivity contribution in [2.75, 3.05) is 38.5 Å². The van der Waals surface area contributed by atoms with Crippen molar-refractivity contribution >= 4 is 44.2 Å². The zero-order valence-electron chi connectivity index (χ0n) is 22.0. The van der Waals surface area contributed by atoms with E-state index in [-0.39, 0.29) is 10.5 Å². The van der Waals surface area contributed by atoms with Crippen LogP contribution in [0.2, 0.25) is 0 Å². The van der Waals surface area contributed by atoms with Gasteiger partial charge in [-0.3, -0.25) is 19.8 Å². The van der Waals surface area contributed by atoms with Crippen LogP contribution in [0.15, 0.2) is 29.2 Å². The number of urea groups is 1. The van der Waals surface area contributed by atoms with E-state index in [0.717, 1.165) is 42.8 Å². The molecular formula is C26H35N5O5S2. The number of rotatable bonds is 7. The second-order valence-electron chi connectivity index (χ2n) is 9.86. The second kappa shape index (κ2) is 11.9. The number of imide groups is 1. The fourth-order valence-corrected chi connectivity index (χ4v) is 7.87. The van der Waals surface area contributed by atoms with Crippen LogP contribution in [0.25, 0.3) is 0 Å². The van der Waals surface area contributed by atoms with Gasteiger partial charge in [-0.15, -0.1) is 11.3 Å². The molecule has 1 aromatic carbocycles. The standard InChI is InChI=1S/C26H35N5O5S2/c1-4-12-30-14-11-20-21(16-30)37-25(22(20)24(33)29-26(34)27-3)28-23(32)18-7-9-19(10-8-18)38(35,36)31-13-5-6-17(2)15-31/h7-10,17H,4-6,11-16H2,1-3H3,(H,28,32)(H2,27,29,33,34). The number of hydrogen-bond donors (Lipinski definition) is 3. The minimum Gasteiger partial charge on any atom is -0.341 e. The van der Waals surface area contributed by atoms with Crippen LogP contribution in [0.1, 0.15) is 64.3 Å². The van der Waals surface area contributed by atoms with E-state index in [1.54, 1.807) is 0 Å². The van der Waals surface area contributed by atoms with Gasteiger partial charge < -0.3 is 10.6 Å². The highest BCUT2D eigenvalue weighted by molar-refractivity contribution is 7.89. The fraction of sp³-hybridized carbons (Fsp3) is 0.500. The smallest absolute Gasteiger partial charge is 0.321 e. The average molecular weight is 562 g/mol. The average Bonchev–Trinajstić information content (AvgIpc) is 3.25. The number of hydrogen-bond acceptors (Lipinski definition) is 7. The Labute approximate surface area is 227 Å². The van der Waals surface area contributed by atoms with E-state index in [4.69, 9.17) is 0 Å². The van der Waals surface area contributed by atoms with Gasteiger partial charge in [0.15, 0.2) is 0 Å². The number of nitrogens with one attached hydrogen (secondary N) is 3. The summed E-state index contributed by atoms with van der Waals surface area (Å²) >= 11 is 1.34. The molecule has 0 aliphatic carbocycles. The Morgan fingerprint density at radius 3 is 2.50 bits per heavy atom. The molecule has 3 heterocycles. The molecule has 206 valence electrons. The van der Waals surface area contributed by atoms with E-state index in [2.05, 4.69) is 27.8 Å². The van der Waals surface area contributed by atoms with Crippen LogP contribution < -0.4 is 16.0 Å². The van der Waals surface area contributed by atoms with Crippen LogP contribution in [0.4, 0.5) is 9.80 Å². The van der Waals surface area contributed by atoms with Crippen molar-refractivity contribution in [2.45, 2.75) is 51.0 Å². The number of fused-ring (bicyclic) bond motifs is 1. The maximum atomic E-state index is 13.2. The van der Waals surface area contributed by atoms with Gasteiger partial charge in [-0.25, -0.2) is 13.2 Å². The lowest BCUT2D eigenvalue weighted by atomic mass is 10.0. The number of amides is 4. The summed E-state index contributed by atoms with van der Waals surface area (Å²) in [5, 5.41) is 7.90. The number of sulfonamides is 1. The largest absolute Gasteiger partial charge is 0.341 e. The van der Waals surface area contributed by atoms with Crippen LogP contribution in [0.3, 0.4) is 0 Å². The first-order valence-electron chi connectivity index (χ1n) is 13.0. The van der Waals surface area contributed by atoms with Gasteiger partial charge in [0.25, 0.3) is 11.8 Å². The summed E-state index contributed by atoms with van der Waals surface area (Å²) in [5.41, 5.74) is 1.42.